The average Bonchev–Trinajstić information content (AvgIpc) is 3.03. The third-order valence-electron chi connectivity index (χ3n) is 4.65. The Morgan fingerprint density at radius 1 is 1.35 bits per heavy atom. The quantitative estimate of drug-likeness (QED) is 0.880. The topological polar surface area (TPSA) is 46.3 Å². The van der Waals surface area contributed by atoms with Gasteiger partial charge < -0.3 is 5.73 Å². The molecule has 1 atom stereocenters. The van der Waals surface area contributed by atoms with Crippen LogP contribution < -0.4 is 5.73 Å². The lowest BCUT2D eigenvalue weighted by molar-refractivity contribution is 0.100. The smallest absolute Gasteiger partial charge is 0.249 e. The molecule has 1 aromatic carbocycles. The zero-order valence-electron chi connectivity index (χ0n) is 13.6. The molecule has 1 aromatic heterocycles. The van der Waals surface area contributed by atoms with Crippen LogP contribution in [-0.4, -0.2) is 23.4 Å². The predicted octanol–water partition coefficient (Wildman–Crippen LogP) is 3.62. The van der Waals surface area contributed by atoms with Crippen molar-refractivity contribution in [3.63, 3.8) is 0 Å². The summed E-state index contributed by atoms with van der Waals surface area (Å²) in [6, 6.07) is 11.3. The van der Waals surface area contributed by atoms with Gasteiger partial charge in [0.2, 0.25) is 5.91 Å². The lowest BCUT2D eigenvalue weighted by Gasteiger charge is -2.35. The van der Waals surface area contributed by atoms with Crippen LogP contribution in [0.4, 0.5) is 0 Å². The van der Waals surface area contributed by atoms with Crippen molar-refractivity contribution >= 4 is 17.2 Å². The predicted molar refractivity (Wildman–Crippen MR) is 95.8 cm³/mol. The summed E-state index contributed by atoms with van der Waals surface area (Å²) in [6.45, 7) is 4.24. The van der Waals surface area contributed by atoms with Gasteiger partial charge in [-0.3, -0.25) is 9.69 Å². The number of hydrogen-bond acceptors (Lipinski definition) is 3. The van der Waals surface area contributed by atoms with Gasteiger partial charge in [-0.05, 0) is 49.4 Å². The number of amides is 1. The minimum atomic E-state index is -0.332. The van der Waals surface area contributed by atoms with Crippen molar-refractivity contribution in [1.29, 1.82) is 0 Å². The van der Waals surface area contributed by atoms with E-state index in [1.165, 1.54) is 22.4 Å². The van der Waals surface area contributed by atoms with Gasteiger partial charge in [-0.1, -0.05) is 31.2 Å². The molecule has 2 aromatic rings. The maximum atomic E-state index is 11.3. The molecular weight excluding hydrogens is 304 g/mol. The Hall–Kier alpha value is -1.65. The Morgan fingerprint density at radius 3 is 2.83 bits per heavy atom. The molecule has 4 heteroatoms. The SMILES string of the molecule is CCCN(Cc1cc(C(N)=O)cs1)[C@@H]1CCc2ccccc2C1. The van der Waals surface area contributed by atoms with Crippen LogP contribution in [0.2, 0.25) is 0 Å². The fourth-order valence-corrected chi connectivity index (χ4v) is 4.36. The van der Waals surface area contributed by atoms with Crippen molar-refractivity contribution in [1.82, 2.24) is 4.90 Å². The summed E-state index contributed by atoms with van der Waals surface area (Å²) in [7, 11) is 0. The van der Waals surface area contributed by atoms with Crippen LogP contribution in [0.3, 0.4) is 0 Å². The van der Waals surface area contributed by atoms with Gasteiger partial charge in [0.1, 0.15) is 0 Å². The zero-order valence-corrected chi connectivity index (χ0v) is 14.4. The summed E-state index contributed by atoms with van der Waals surface area (Å²) in [4.78, 5) is 15.1. The van der Waals surface area contributed by atoms with Crippen molar-refractivity contribution in [2.45, 2.75) is 45.2 Å². The van der Waals surface area contributed by atoms with E-state index in [4.69, 9.17) is 5.73 Å². The van der Waals surface area contributed by atoms with E-state index in [9.17, 15) is 4.79 Å². The number of carbonyl (C=O) groups excluding carboxylic acids is 1. The molecule has 3 nitrogen and oxygen atoms in total. The minimum absolute atomic E-state index is 0.332. The molecule has 0 spiro atoms. The van der Waals surface area contributed by atoms with Crippen LogP contribution in [0.5, 0.6) is 0 Å². The number of fused-ring (bicyclic) bond motifs is 1. The van der Waals surface area contributed by atoms with Gasteiger partial charge in [0.25, 0.3) is 0 Å². The van der Waals surface area contributed by atoms with E-state index in [0.29, 0.717) is 11.6 Å². The zero-order chi connectivity index (χ0) is 16.2. The van der Waals surface area contributed by atoms with Crippen LogP contribution in [0, 0.1) is 0 Å². The Labute approximate surface area is 142 Å². The first kappa shape index (κ1) is 16.2. The van der Waals surface area contributed by atoms with E-state index in [-0.39, 0.29) is 5.91 Å². The normalized spacial score (nSPS) is 17.2. The fourth-order valence-electron chi connectivity index (χ4n) is 3.46. The highest BCUT2D eigenvalue weighted by Gasteiger charge is 2.24. The van der Waals surface area contributed by atoms with Crippen molar-refractivity contribution in [3.05, 3.63) is 57.3 Å². The molecule has 0 bridgehead atoms. The van der Waals surface area contributed by atoms with Gasteiger partial charge in [-0.2, -0.15) is 0 Å². The Balaban J connectivity index is 1.72. The van der Waals surface area contributed by atoms with Crippen LogP contribution in [0.1, 0.15) is 46.1 Å². The Kier molecular flexibility index (Phi) is 5.13. The maximum Gasteiger partial charge on any atom is 0.249 e. The van der Waals surface area contributed by atoms with Crippen LogP contribution in [0.25, 0.3) is 0 Å². The third-order valence-corrected chi connectivity index (χ3v) is 5.57. The molecular formula is C19H24N2OS. The summed E-state index contributed by atoms with van der Waals surface area (Å²) in [5.41, 5.74) is 9.00. The number of benzene rings is 1. The second kappa shape index (κ2) is 7.28. The Morgan fingerprint density at radius 2 is 2.13 bits per heavy atom. The second-order valence-corrected chi connectivity index (χ2v) is 7.30. The molecule has 1 amide bonds. The average molecular weight is 328 g/mol. The highest BCUT2D eigenvalue weighted by molar-refractivity contribution is 7.10. The molecule has 0 unspecified atom stereocenters. The van der Waals surface area contributed by atoms with Gasteiger partial charge in [0, 0.05) is 22.8 Å². The first-order valence-corrected chi connectivity index (χ1v) is 9.23. The van der Waals surface area contributed by atoms with E-state index in [0.717, 1.165) is 32.4 Å². The number of rotatable bonds is 6. The number of nitrogens with two attached hydrogens (primary N) is 1. The summed E-state index contributed by atoms with van der Waals surface area (Å²) in [5, 5.41) is 1.87. The van der Waals surface area contributed by atoms with Crippen LogP contribution >= 0.6 is 11.3 Å². The first-order valence-electron chi connectivity index (χ1n) is 8.35. The van der Waals surface area contributed by atoms with Crippen LogP contribution in [-0.2, 0) is 19.4 Å². The van der Waals surface area contributed by atoms with Crippen molar-refractivity contribution in [2.24, 2.45) is 5.73 Å². The molecule has 122 valence electrons. The molecule has 0 radical (unpaired) electrons. The number of hydrogen-bond donors (Lipinski definition) is 1. The number of thiophene rings is 1. The second-order valence-electron chi connectivity index (χ2n) is 6.30. The molecule has 3 rings (SSSR count). The number of nitrogens with zero attached hydrogens (tertiary/aromatic N) is 1. The molecule has 0 saturated heterocycles. The standard InChI is InChI=1S/C19H24N2OS/c1-2-9-21(12-18-11-16(13-23-18)19(20)22)17-8-7-14-5-3-4-6-15(14)10-17/h3-6,11,13,17H,2,7-10,12H2,1H3,(H2,20,22)/t17-/m1/s1. The van der Waals surface area contributed by atoms with E-state index in [1.54, 1.807) is 11.3 Å². The van der Waals surface area contributed by atoms with Gasteiger partial charge in [-0.15, -0.1) is 11.3 Å². The Bertz CT molecular complexity index is 680. The lowest BCUT2D eigenvalue weighted by atomic mass is 9.87. The number of primary amides is 1. The highest BCUT2D eigenvalue weighted by Crippen LogP contribution is 2.27. The first-order chi connectivity index (χ1) is 11.2. The van der Waals surface area contributed by atoms with E-state index < -0.39 is 0 Å². The monoisotopic (exact) mass is 328 g/mol. The highest BCUT2D eigenvalue weighted by atomic mass is 32.1. The minimum Gasteiger partial charge on any atom is -0.366 e. The summed E-state index contributed by atoms with van der Waals surface area (Å²) < 4.78 is 0. The molecule has 0 fully saturated rings. The van der Waals surface area contributed by atoms with Crippen LogP contribution in [0.15, 0.2) is 35.7 Å². The van der Waals surface area contributed by atoms with Gasteiger partial charge in [-0.25, -0.2) is 0 Å². The molecule has 2 N–H and O–H groups in total. The fraction of sp³-hybridized carbons (Fsp3) is 0.421. The largest absolute Gasteiger partial charge is 0.366 e. The number of aryl methyl sites for hydroxylation is 1. The molecule has 1 aliphatic rings. The van der Waals surface area contributed by atoms with Crippen molar-refractivity contribution < 1.29 is 4.79 Å². The van der Waals surface area contributed by atoms with Crippen molar-refractivity contribution in [2.75, 3.05) is 6.54 Å². The van der Waals surface area contributed by atoms with E-state index in [1.807, 2.05) is 11.4 Å². The van der Waals surface area contributed by atoms with E-state index in [2.05, 4.69) is 36.1 Å². The third kappa shape index (κ3) is 3.82. The molecule has 1 heterocycles. The van der Waals surface area contributed by atoms with Gasteiger partial charge in [0.15, 0.2) is 0 Å². The summed E-state index contributed by atoms with van der Waals surface area (Å²) in [6.07, 6.45) is 4.65. The summed E-state index contributed by atoms with van der Waals surface area (Å²) >= 11 is 1.64. The van der Waals surface area contributed by atoms with Gasteiger partial charge in [0.05, 0.1) is 5.56 Å². The van der Waals surface area contributed by atoms with Crippen molar-refractivity contribution in [3.8, 4) is 0 Å². The lowest BCUT2D eigenvalue weighted by Crippen LogP contribution is -2.39. The number of carbonyl (C=O) groups is 1. The summed E-state index contributed by atoms with van der Waals surface area (Å²) in [5.74, 6) is -0.332. The van der Waals surface area contributed by atoms with E-state index >= 15 is 0 Å². The molecule has 0 aliphatic heterocycles. The van der Waals surface area contributed by atoms with Gasteiger partial charge >= 0.3 is 0 Å². The maximum absolute atomic E-state index is 11.3. The molecule has 23 heavy (non-hydrogen) atoms. The molecule has 1 aliphatic carbocycles. The molecule has 0 saturated carbocycles.